The molecule has 1 aliphatic heterocycles. The number of anilines is 1. The number of carbonyl (C=O) groups excluding carboxylic acids is 1. The summed E-state index contributed by atoms with van der Waals surface area (Å²) >= 11 is 0. The number of ether oxygens (including phenoxy) is 3. The first kappa shape index (κ1) is 10.6. The molecule has 0 saturated heterocycles. The minimum Gasteiger partial charge on any atom is -0.486 e. The van der Waals surface area contributed by atoms with Crippen molar-refractivity contribution in [3.63, 3.8) is 0 Å². The summed E-state index contributed by atoms with van der Waals surface area (Å²) < 4.78 is 15.5. The van der Waals surface area contributed by atoms with Crippen molar-refractivity contribution >= 4 is 11.7 Å². The molecular formula is C11H13NO4. The van der Waals surface area contributed by atoms with Crippen LogP contribution in [0.2, 0.25) is 0 Å². The highest BCUT2D eigenvalue weighted by Crippen LogP contribution is 2.38. The second-order valence-electron chi connectivity index (χ2n) is 3.48. The monoisotopic (exact) mass is 223 g/mol. The number of carbonyl (C=O) groups is 1. The summed E-state index contributed by atoms with van der Waals surface area (Å²) in [4.78, 5) is 11.5. The maximum absolute atomic E-state index is 11.5. The van der Waals surface area contributed by atoms with Crippen LogP contribution in [-0.4, -0.2) is 26.3 Å². The van der Waals surface area contributed by atoms with E-state index in [9.17, 15) is 4.79 Å². The third-order valence-electron chi connectivity index (χ3n) is 2.49. The van der Waals surface area contributed by atoms with Gasteiger partial charge in [-0.2, -0.15) is 0 Å². The van der Waals surface area contributed by atoms with E-state index in [4.69, 9.17) is 15.2 Å². The summed E-state index contributed by atoms with van der Waals surface area (Å²) in [5.74, 6) is 0.682. The van der Waals surface area contributed by atoms with E-state index in [2.05, 4.69) is 4.74 Å². The Bertz CT molecular complexity index is 442. The summed E-state index contributed by atoms with van der Waals surface area (Å²) in [6.45, 7) is 2.72. The Kier molecular flexibility index (Phi) is 2.60. The molecule has 0 aromatic heterocycles. The van der Waals surface area contributed by atoms with Crippen LogP contribution in [0, 0.1) is 6.92 Å². The number of fused-ring (bicyclic) bond motifs is 1. The fourth-order valence-electron chi connectivity index (χ4n) is 1.75. The van der Waals surface area contributed by atoms with Gasteiger partial charge in [-0.3, -0.25) is 0 Å². The predicted molar refractivity (Wildman–Crippen MR) is 57.9 cm³/mol. The van der Waals surface area contributed by atoms with E-state index < -0.39 is 5.97 Å². The topological polar surface area (TPSA) is 70.8 Å². The van der Waals surface area contributed by atoms with Crippen molar-refractivity contribution in [2.75, 3.05) is 26.1 Å². The molecule has 16 heavy (non-hydrogen) atoms. The highest BCUT2D eigenvalue weighted by atomic mass is 16.6. The Balaban J connectivity index is 2.58. The van der Waals surface area contributed by atoms with Gasteiger partial charge in [-0.1, -0.05) is 0 Å². The van der Waals surface area contributed by atoms with E-state index in [0.717, 1.165) is 0 Å². The van der Waals surface area contributed by atoms with Crippen LogP contribution in [0.5, 0.6) is 11.5 Å². The minimum atomic E-state index is -0.466. The first-order valence-electron chi connectivity index (χ1n) is 4.92. The molecule has 5 heteroatoms. The molecule has 0 fully saturated rings. The van der Waals surface area contributed by atoms with Crippen LogP contribution >= 0.6 is 0 Å². The lowest BCUT2D eigenvalue weighted by Gasteiger charge is -2.22. The summed E-state index contributed by atoms with van der Waals surface area (Å²) in [5, 5.41) is 0. The first-order valence-corrected chi connectivity index (χ1v) is 4.92. The van der Waals surface area contributed by atoms with E-state index in [1.165, 1.54) is 7.11 Å². The molecule has 0 aliphatic carbocycles. The SMILES string of the molecule is COC(=O)c1c(N)cc2c(c1C)OCCO2. The molecule has 0 amide bonds. The molecule has 0 spiro atoms. The van der Waals surface area contributed by atoms with Gasteiger partial charge < -0.3 is 19.9 Å². The number of nitrogen functional groups attached to an aromatic ring is 1. The maximum Gasteiger partial charge on any atom is 0.340 e. The Morgan fingerprint density at radius 3 is 2.81 bits per heavy atom. The average Bonchev–Trinajstić information content (AvgIpc) is 2.28. The summed E-state index contributed by atoms with van der Waals surface area (Å²) in [7, 11) is 1.32. The molecule has 0 atom stereocenters. The first-order chi connectivity index (χ1) is 7.65. The molecule has 5 nitrogen and oxygen atoms in total. The quantitative estimate of drug-likeness (QED) is 0.571. The van der Waals surface area contributed by atoms with E-state index in [-0.39, 0.29) is 0 Å². The van der Waals surface area contributed by atoms with Crippen LogP contribution in [0.4, 0.5) is 5.69 Å². The Morgan fingerprint density at radius 2 is 2.12 bits per heavy atom. The summed E-state index contributed by atoms with van der Waals surface area (Å²) in [5.41, 5.74) is 7.12. The highest BCUT2D eigenvalue weighted by molar-refractivity contribution is 5.98. The van der Waals surface area contributed by atoms with Crippen molar-refractivity contribution < 1.29 is 19.0 Å². The van der Waals surface area contributed by atoms with E-state index in [0.29, 0.717) is 41.5 Å². The number of hydrogen-bond donors (Lipinski definition) is 1. The highest BCUT2D eigenvalue weighted by Gasteiger charge is 2.23. The third-order valence-corrected chi connectivity index (χ3v) is 2.49. The molecule has 1 heterocycles. The summed E-state index contributed by atoms with van der Waals surface area (Å²) in [6, 6.07) is 1.59. The number of methoxy groups -OCH3 is 1. The van der Waals surface area contributed by atoms with Crippen LogP contribution in [-0.2, 0) is 4.74 Å². The lowest BCUT2D eigenvalue weighted by atomic mass is 10.0. The Labute approximate surface area is 93.1 Å². The molecule has 0 bridgehead atoms. The second-order valence-corrected chi connectivity index (χ2v) is 3.48. The molecule has 2 N–H and O–H groups in total. The van der Waals surface area contributed by atoms with Gasteiger partial charge in [0.2, 0.25) is 0 Å². The number of esters is 1. The van der Waals surface area contributed by atoms with Crippen LogP contribution in [0.3, 0.4) is 0 Å². The number of benzene rings is 1. The molecule has 2 rings (SSSR count). The minimum absolute atomic E-state index is 0.340. The van der Waals surface area contributed by atoms with Gasteiger partial charge in [0.1, 0.15) is 13.2 Å². The smallest absolute Gasteiger partial charge is 0.340 e. The number of hydrogen-bond acceptors (Lipinski definition) is 5. The number of rotatable bonds is 1. The van der Waals surface area contributed by atoms with Crippen molar-refractivity contribution in [1.82, 2.24) is 0 Å². The molecule has 1 aromatic carbocycles. The molecule has 1 aromatic rings. The predicted octanol–water partition coefficient (Wildman–Crippen LogP) is 1.14. The van der Waals surface area contributed by atoms with Crippen molar-refractivity contribution in [1.29, 1.82) is 0 Å². The lowest BCUT2D eigenvalue weighted by molar-refractivity contribution is 0.0600. The maximum atomic E-state index is 11.5. The molecule has 0 saturated carbocycles. The van der Waals surface area contributed by atoms with Gasteiger partial charge in [0.25, 0.3) is 0 Å². The fraction of sp³-hybridized carbons (Fsp3) is 0.364. The van der Waals surface area contributed by atoms with Crippen molar-refractivity contribution in [3.05, 3.63) is 17.2 Å². The van der Waals surface area contributed by atoms with Crippen LogP contribution in [0.1, 0.15) is 15.9 Å². The average molecular weight is 223 g/mol. The molecule has 0 unspecified atom stereocenters. The Hall–Kier alpha value is -1.91. The lowest BCUT2D eigenvalue weighted by Crippen LogP contribution is -2.18. The van der Waals surface area contributed by atoms with Gasteiger partial charge in [-0.25, -0.2) is 4.79 Å². The molecule has 1 aliphatic rings. The van der Waals surface area contributed by atoms with Crippen molar-refractivity contribution in [2.45, 2.75) is 6.92 Å². The van der Waals surface area contributed by atoms with Crippen LogP contribution < -0.4 is 15.2 Å². The van der Waals surface area contributed by atoms with Gasteiger partial charge in [0, 0.05) is 11.6 Å². The van der Waals surface area contributed by atoms with E-state index in [1.807, 2.05) is 0 Å². The second kappa shape index (κ2) is 3.92. The number of nitrogens with two attached hydrogens (primary N) is 1. The standard InChI is InChI=1S/C11H13NO4/c1-6-9(11(13)14-2)7(12)5-8-10(6)16-4-3-15-8/h5H,3-4,12H2,1-2H3. The van der Waals surface area contributed by atoms with Gasteiger partial charge in [-0.15, -0.1) is 0 Å². The van der Waals surface area contributed by atoms with E-state index >= 15 is 0 Å². The summed E-state index contributed by atoms with van der Waals surface area (Å²) in [6.07, 6.45) is 0. The third kappa shape index (κ3) is 1.54. The zero-order chi connectivity index (χ0) is 11.7. The van der Waals surface area contributed by atoms with Gasteiger partial charge in [0.05, 0.1) is 18.4 Å². The van der Waals surface area contributed by atoms with Gasteiger partial charge in [0.15, 0.2) is 11.5 Å². The molecule has 86 valence electrons. The zero-order valence-electron chi connectivity index (χ0n) is 9.20. The molecule has 0 radical (unpaired) electrons. The van der Waals surface area contributed by atoms with Crippen molar-refractivity contribution in [3.8, 4) is 11.5 Å². The molecular weight excluding hydrogens is 210 g/mol. The largest absolute Gasteiger partial charge is 0.486 e. The normalized spacial score (nSPS) is 13.4. The van der Waals surface area contributed by atoms with Gasteiger partial charge >= 0.3 is 5.97 Å². The zero-order valence-corrected chi connectivity index (χ0v) is 9.20. The fourth-order valence-corrected chi connectivity index (χ4v) is 1.75. The van der Waals surface area contributed by atoms with E-state index in [1.54, 1.807) is 13.0 Å². The van der Waals surface area contributed by atoms with Crippen molar-refractivity contribution in [2.24, 2.45) is 0 Å². The van der Waals surface area contributed by atoms with Crippen LogP contribution in [0.25, 0.3) is 0 Å². The van der Waals surface area contributed by atoms with Crippen LogP contribution in [0.15, 0.2) is 6.07 Å². The Morgan fingerprint density at radius 1 is 1.44 bits per heavy atom. The van der Waals surface area contributed by atoms with Gasteiger partial charge in [-0.05, 0) is 6.92 Å².